The molecule has 55 heavy (non-hydrogen) atoms. The van der Waals surface area contributed by atoms with Gasteiger partial charge in [0.15, 0.2) is 6.10 Å². The van der Waals surface area contributed by atoms with Crippen LogP contribution in [0.5, 0.6) is 0 Å². The average molecular weight is 794 g/mol. The summed E-state index contributed by atoms with van der Waals surface area (Å²) in [4.78, 5) is 34.9. The molecule has 9 nitrogen and oxygen atoms in total. The third-order valence-electron chi connectivity index (χ3n) is 8.89. The minimum Gasteiger partial charge on any atom is -0.462 e. The molecule has 0 saturated carbocycles. The van der Waals surface area contributed by atoms with E-state index >= 15 is 0 Å². The predicted octanol–water partition coefficient (Wildman–Crippen LogP) is 12.5. The topological polar surface area (TPSA) is 134 Å². The molecule has 318 valence electrons. The molecule has 0 aliphatic rings. The fourth-order valence-electron chi connectivity index (χ4n) is 5.68. The quantitative estimate of drug-likeness (QED) is 0.0269. The molecule has 0 heterocycles. The second-order valence-electron chi connectivity index (χ2n) is 14.2. The van der Waals surface area contributed by atoms with Crippen LogP contribution in [0.3, 0.4) is 0 Å². The van der Waals surface area contributed by atoms with E-state index in [1.54, 1.807) is 0 Å². The van der Waals surface area contributed by atoms with Crippen molar-refractivity contribution in [3.05, 3.63) is 60.8 Å². The maximum Gasteiger partial charge on any atom is 0.472 e. The lowest BCUT2D eigenvalue weighted by atomic mass is 10.1. The van der Waals surface area contributed by atoms with Crippen LogP contribution in [0.2, 0.25) is 0 Å². The standard InChI is InChI=1S/C45H80NO8P/c1-3-5-7-9-11-13-15-17-19-20-21-22-24-26-28-30-32-34-36-38-45(48)54-43(42-53-55(49,50)52-40-39-46)41-51-44(47)37-35-33-31-29-27-25-23-18-16-14-12-10-8-6-4-2/h6,8,11-14,17-19,23,43H,3-5,7,9-10,15-16,20-22,24-42,46H2,1-2H3,(H,49,50)/b8-6+,13-11+,14-12+,19-17+,23-18+/t43-/m1/s1. The van der Waals surface area contributed by atoms with E-state index in [1.165, 1.54) is 57.8 Å². The Labute approximate surface area is 336 Å². The number of phosphoric ester groups is 1. The summed E-state index contributed by atoms with van der Waals surface area (Å²) in [6.45, 7) is 3.56. The van der Waals surface area contributed by atoms with Crippen LogP contribution in [-0.4, -0.2) is 49.3 Å². The van der Waals surface area contributed by atoms with Crippen LogP contribution < -0.4 is 5.73 Å². The molecule has 0 aromatic heterocycles. The Morgan fingerprint density at radius 3 is 1.49 bits per heavy atom. The van der Waals surface area contributed by atoms with Gasteiger partial charge in [-0.2, -0.15) is 0 Å². The maximum atomic E-state index is 12.6. The van der Waals surface area contributed by atoms with Crippen molar-refractivity contribution in [3.63, 3.8) is 0 Å². The second-order valence-corrected chi connectivity index (χ2v) is 15.6. The normalized spacial score (nSPS) is 13.9. The molecule has 1 unspecified atom stereocenters. The summed E-state index contributed by atoms with van der Waals surface area (Å²) >= 11 is 0. The molecule has 0 rings (SSSR count). The van der Waals surface area contributed by atoms with Gasteiger partial charge >= 0.3 is 19.8 Å². The van der Waals surface area contributed by atoms with Crippen molar-refractivity contribution in [2.45, 2.75) is 187 Å². The highest BCUT2D eigenvalue weighted by Gasteiger charge is 2.26. The number of hydrogen-bond acceptors (Lipinski definition) is 8. The SMILES string of the molecule is CC/C=C/C/C=C/C/C=C/CCCCCCCC(=O)OC[C@H](COP(=O)(O)OCCN)OC(=O)CCCCCCCCCCC/C=C/C/C=C/CCCCC. The Bertz CT molecular complexity index is 1090. The number of nitrogens with two attached hydrogens (primary N) is 1. The molecule has 0 aromatic carbocycles. The molecule has 0 aromatic rings. The first-order valence-corrected chi connectivity index (χ1v) is 23.3. The minimum atomic E-state index is -4.38. The van der Waals surface area contributed by atoms with Gasteiger partial charge in [0.2, 0.25) is 0 Å². The molecular weight excluding hydrogens is 713 g/mol. The smallest absolute Gasteiger partial charge is 0.462 e. The van der Waals surface area contributed by atoms with Gasteiger partial charge < -0.3 is 20.1 Å². The Balaban J connectivity index is 4.17. The zero-order valence-electron chi connectivity index (χ0n) is 34.9. The number of rotatable bonds is 40. The number of carbonyl (C=O) groups excluding carboxylic acids is 2. The number of carbonyl (C=O) groups is 2. The summed E-state index contributed by atoms with van der Waals surface area (Å²) < 4.78 is 32.8. The molecule has 0 amide bonds. The van der Waals surface area contributed by atoms with Gasteiger partial charge in [-0.3, -0.25) is 18.6 Å². The zero-order valence-corrected chi connectivity index (χ0v) is 35.8. The van der Waals surface area contributed by atoms with E-state index in [4.69, 9.17) is 24.3 Å². The van der Waals surface area contributed by atoms with Crippen molar-refractivity contribution in [1.29, 1.82) is 0 Å². The van der Waals surface area contributed by atoms with Gasteiger partial charge in [-0.25, -0.2) is 4.57 Å². The predicted molar refractivity (Wildman–Crippen MR) is 229 cm³/mol. The lowest BCUT2D eigenvalue weighted by Crippen LogP contribution is -2.29. The van der Waals surface area contributed by atoms with Gasteiger partial charge in [-0.15, -0.1) is 0 Å². The molecule has 0 fully saturated rings. The molecular formula is C45H80NO8P. The van der Waals surface area contributed by atoms with Crippen LogP contribution in [0.1, 0.15) is 181 Å². The molecule has 0 aliphatic heterocycles. The fraction of sp³-hybridized carbons (Fsp3) is 0.733. The van der Waals surface area contributed by atoms with Crippen LogP contribution in [-0.2, 0) is 32.7 Å². The zero-order chi connectivity index (χ0) is 40.3. The van der Waals surface area contributed by atoms with Gasteiger partial charge in [0.1, 0.15) is 6.61 Å². The highest BCUT2D eigenvalue weighted by atomic mass is 31.2. The Kier molecular flexibility index (Phi) is 39.6. The Morgan fingerprint density at radius 2 is 1.00 bits per heavy atom. The van der Waals surface area contributed by atoms with Crippen LogP contribution in [0.4, 0.5) is 0 Å². The third kappa shape index (κ3) is 41.2. The van der Waals surface area contributed by atoms with Crippen molar-refractivity contribution >= 4 is 19.8 Å². The van der Waals surface area contributed by atoms with Crippen molar-refractivity contribution in [2.75, 3.05) is 26.4 Å². The molecule has 0 aliphatic carbocycles. The van der Waals surface area contributed by atoms with E-state index in [9.17, 15) is 19.0 Å². The van der Waals surface area contributed by atoms with E-state index in [0.717, 1.165) is 83.5 Å². The first-order valence-electron chi connectivity index (χ1n) is 21.8. The monoisotopic (exact) mass is 794 g/mol. The van der Waals surface area contributed by atoms with Crippen molar-refractivity contribution in [3.8, 4) is 0 Å². The Hall–Kier alpha value is -2.29. The van der Waals surface area contributed by atoms with Crippen LogP contribution in [0, 0.1) is 0 Å². The lowest BCUT2D eigenvalue weighted by molar-refractivity contribution is -0.161. The number of hydrogen-bond donors (Lipinski definition) is 2. The van der Waals surface area contributed by atoms with E-state index in [0.29, 0.717) is 12.8 Å². The highest BCUT2D eigenvalue weighted by Crippen LogP contribution is 2.43. The van der Waals surface area contributed by atoms with Gasteiger partial charge in [0.05, 0.1) is 13.2 Å². The molecule has 0 radical (unpaired) electrons. The van der Waals surface area contributed by atoms with E-state index < -0.39 is 32.5 Å². The van der Waals surface area contributed by atoms with E-state index in [-0.39, 0.29) is 32.6 Å². The van der Waals surface area contributed by atoms with Crippen LogP contribution >= 0.6 is 7.82 Å². The first kappa shape index (κ1) is 52.7. The summed E-state index contributed by atoms with van der Waals surface area (Å²) in [5.41, 5.74) is 5.35. The highest BCUT2D eigenvalue weighted by molar-refractivity contribution is 7.47. The summed E-state index contributed by atoms with van der Waals surface area (Å²) in [6.07, 6.45) is 48.2. The third-order valence-corrected chi connectivity index (χ3v) is 9.87. The summed E-state index contributed by atoms with van der Waals surface area (Å²) in [6, 6.07) is 0. The van der Waals surface area contributed by atoms with Crippen molar-refractivity contribution in [1.82, 2.24) is 0 Å². The largest absolute Gasteiger partial charge is 0.472 e. The number of phosphoric acid groups is 1. The molecule has 2 atom stereocenters. The van der Waals surface area contributed by atoms with E-state index in [2.05, 4.69) is 74.6 Å². The van der Waals surface area contributed by atoms with Gasteiger partial charge in [0, 0.05) is 19.4 Å². The number of allylic oxidation sites excluding steroid dienone is 10. The molecule has 3 N–H and O–H groups in total. The summed E-state index contributed by atoms with van der Waals surface area (Å²) in [7, 11) is -4.38. The van der Waals surface area contributed by atoms with E-state index in [1.807, 2.05) is 0 Å². The number of ether oxygens (including phenoxy) is 2. The fourth-order valence-corrected chi connectivity index (χ4v) is 6.44. The number of unbranched alkanes of at least 4 members (excludes halogenated alkanes) is 17. The van der Waals surface area contributed by atoms with Gasteiger partial charge in [-0.05, 0) is 77.0 Å². The van der Waals surface area contributed by atoms with Crippen molar-refractivity contribution < 1.29 is 37.6 Å². The van der Waals surface area contributed by atoms with Crippen LogP contribution in [0.15, 0.2) is 60.8 Å². The lowest BCUT2D eigenvalue weighted by Gasteiger charge is -2.19. The maximum absolute atomic E-state index is 12.6. The average Bonchev–Trinajstić information content (AvgIpc) is 3.17. The second kappa shape index (κ2) is 41.3. The van der Waals surface area contributed by atoms with Crippen LogP contribution in [0.25, 0.3) is 0 Å². The van der Waals surface area contributed by atoms with Gasteiger partial charge in [0.25, 0.3) is 0 Å². The van der Waals surface area contributed by atoms with Gasteiger partial charge in [-0.1, -0.05) is 152 Å². The Morgan fingerprint density at radius 1 is 0.564 bits per heavy atom. The molecule has 0 saturated heterocycles. The molecule has 0 bridgehead atoms. The summed E-state index contributed by atoms with van der Waals surface area (Å²) in [5, 5.41) is 0. The minimum absolute atomic E-state index is 0.0476. The number of esters is 2. The molecule has 0 spiro atoms. The summed E-state index contributed by atoms with van der Waals surface area (Å²) in [5.74, 6) is -0.856. The first-order chi connectivity index (χ1) is 26.8. The van der Waals surface area contributed by atoms with Crippen molar-refractivity contribution in [2.24, 2.45) is 5.73 Å². The molecule has 10 heteroatoms.